The summed E-state index contributed by atoms with van der Waals surface area (Å²) >= 11 is 1.65. The van der Waals surface area contributed by atoms with Crippen LogP contribution in [-0.2, 0) is 17.8 Å². The van der Waals surface area contributed by atoms with Gasteiger partial charge in [-0.2, -0.15) is 4.57 Å². The Labute approximate surface area is 255 Å². The van der Waals surface area contributed by atoms with Crippen molar-refractivity contribution in [3.8, 4) is 5.75 Å². The zero-order valence-corrected chi connectivity index (χ0v) is 26.6. The molecule has 0 aliphatic rings. The molecule has 0 unspecified atom stereocenters. The Bertz CT molecular complexity index is 1140. The number of hydrogen-bond donors (Lipinski definition) is 1. The van der Waals surface area contributed by atoms with E-state index in [-0.39, 0.29) is 35.1 Å². The molecule has 3 aromatic rings. The van der Waals surface area contributed by atoms with Gasteiger partial charge in [-0.25, -0.2) is 4.39 Å². The molecule has 0 aliphatic heterocycles. The molecule has 0 saturated carbocycles. The number of ether oxygens (including phenoxy) is 1. The third kappa shape index (κ3) is 12.5. The van der Waals surface area contributed by atoms with E-state index in [0.29, 0.717) is 18.7 Å². The van der Waals surface area contributed by atoms with Crippen molar-refractivity contribution in [2.24, 2.45) is 0 Å². The molecule has 7 heteroatoms. The summed E-state index contributed by atoms with van der Waals surface area (Å²) in [5, 5.41) is 5.10. The number of carbonyl (C=O) groups is 1. The predicted octanol–water partition coefficient (Wildman–Crippen LogP) is 5.80. The van der Waals surface area contributed by atoms with Gasteiger partial charge in [0.1, 0.15) is 0 Å². The lowest BCUT2D eigenvalue weighted by Crippen LogP contribution is -3.00. The largest absolute Gasteiger partial charge is 1.00 e. The van der Waals surface area contributed by atoms with Crippen molar-refractivity contribution >= 4 is 22.9 Å². The number of hydrogen-bond acceptors (Lipinski definition) is 3. The Kier molecular flexibility index (Phi) is 16.8. The third-order valence-electron chi connectivity index (χ3n) is 7.13. The summed E-state index contributed by atoms with van der Waals surface area (Å²) in [7, 11) is 0. The topological polar surface area (TPSA) is 42.2 Å². The molecule has 0 fully saturated rings. The van der Waals surface area contributed by atoms with E-state index >= 15 is 0 Å². The Morgan fingerprint density at radius 1 is 0.925 bits per heavy atom. The molecule has 0 saturated heterocycles. The summed E-state index contributed by atoms with van der Waals surface area (Å²) in [6.45, 7) is 5.53. The highest BCUT2D eigenvalue weighted by Gasteiger charge is 2.14. The number of nitrogens with zero attached hydrogens (tertiary/aromatic N) is 1. The fourth-order valence-corrected chi connectivity index (χ4v) is 5.54. The van der Waals surface area contributed by atoms with Crippen LogP contribution in [0.25, 0.3) is 0 Å². The molecule has 0 aliphatic carbocycles. The number of rotatable bonds is 19. The highest BCUT2D eigenvalue weighted by Crippen LogP contribution is 2.21. The smallest absolute Gasteiger partial charge is 0.228 e. The lowest BCUT2D eigenvalue weighted by molar-refractivity contribution is -0.689. The lowest BCUT2D eigenvalue weighted by atomic mass is 10.1. The molecule has 4 nitrogen and oxygen atoms in total. The van der Waals surface area contributed by atoms with E-state index in [1.54, 1.807) is 23.5 Å². The van der Waals surface area contributed by atoms with Crippen molar-refractivity contribution in [2.75, 3.05) is 11.9 Å². The number of para-hydroxylation sites is 1. The Morgan fingerprint density at radius 2 is 1.57 bits per heavy atom. The van der Waals surface area contributed by atoms with Crippen LogP contribution in [0.15, 0.2) is 53.4 Å². The second kappa shape index (κ2) is 19.8. The summed E-state index contributed by atoms with van der Waals surface area (Å²) in [6, 6.07) is 12.6. The molecule has 0 bridgehead atoms. The van der Waals surface area contributed by atoms with E-state index in [2.05, 4.69) is 34.6 Å². The molecular formula is C33H46BrFN2O2S. The highest BCUT2D eigenvalue weighted by molar-refractivity contribution is 7.07. The van der Waals surface area contributed by atoms with Gasteiger partial charge in [0.2, 0.25) is 11.4 Å². The van der Waals surface area contributed by atoms with Crippen LogP contribution >= 0.6 is 11.3 Å². The summed E-state index contributed by atoms with van der Waals surface area (Å²) in [4.78, 5) is 12.7. The molecule has 3 rings (SSSR count). The van der Waals surface area contributed by atoms with Crippen molar-refractivity contribution in [2.45, 2.75) is 104 Å². The molecule has 2 aromatic carbocycles. The Hall–Kier alpha value is -2.25. The Balaban J connectivity index is 0.00000560. The predicted molar refractivity (Wildman–Crippen MR) is 160 cm³/mol. The molecule has 1 heterocycles. The Morgan fingerprint density at radius 3 is 2.20 bits per heavy atom. The van der Waals surface area contributed by atoms with Gasteiger partial charge in [0.25, 0.3) is 0 Å². The van der Waals surface area contributed by atoms with Crippen molar-refractivity contribution in [1.82, 2.24) is 0 Å². The van der Waals surface area contributed by atoms with Crippen LogP contribution in [0.5, 0.6) is 5.75 Å². The minimum absolute atomic E-state index is 0. The molecule has 1 aromatic heterocycles. The number of amides is 1. The van der Waals surface area contributed by atoms with Gasteiger partial charge in [-0.3, -0.25) is 4.79 Å². The van der Waals surface area contributed by atoms with E-state index in [4.69, 9.17) is 4.74 Å². The zero-order chi connectivity index (χ0) is 27.7. The van der Waals surface area contributed by atoms with Crippen LogP contribution in [0.3, 0.4) is 0 Å². The minimum Gasteiger partial charge on any atom is -1.00 e. The number of carbonyl (C=O) groups excluding carboxylic acids is 1. The van der Waals surface area contributed by atoms with Crippen molar-refractivity contribution < 1.29 is 35.5 Å². The first-order valence-corrected chi connectivity index (χ1v) is 15.7. The average Bonchev–Trinajstić information content (AvgIpc) is 3.33. The highest BCUT2D eigenvalue weighted by atomic mass is 79.9. The standard InChI is InChI=1S/C33H45FN2O2S.BrH/c1-3-4-5-6-7-8-9-10-11-12-13-16-21-38-32-20-19-28(22-30(32)34)23-33(37)35-31-18-15-14-17-29(31)24-36-26-39-25-27(36)2;/h14-15,17-20,22,25-26H,3-13,16,21,23-24H2,1-2H3;1H. The van der Waals surface area contributed by atoms with E-state index in [9.17, 15) is 9.18 Å². The van der Waals surface area contributed by atoms with E-state index < -0.39 is 5.82 Å². The van der Waals surface area contributed by atoms with Crippen LogP contribution in [0.1, 0.15) is 101 Å². The molecule has 1 amide bonds. The van der Waals surface area contributed by atoms with E-state index in [1.807, 2.05) is 24.3 Å². The van der Waals surface area contributed by atoms with Crippen LogP contribution < -0.4 is 31.6 Å². The third-order valence-corrected chi connectivity index (χ3v) is 7.98. The summed E-state index contributed by atoms with van der Waals surface area (Å²) in [5.41, 5.74) is 5.69. The molecular weight excluding hydrogens is 587 g/mol. The zero-order valence-electron chi connectivity index (χ0n) is 24.2. The maximum atomic E-state index is 14.6. The second-order valence-corrected chi connectivity index (χ2v) is 11.2. The first-order chi connectivity index (χ1) is 19.1. The monoisotopic (exact) mass is 632 g/mol. The van der Waals surface area contributed by atoms with Gasteiger partial charge < -0.3 is 27.0 Å². The minimum atomic E-state index is -0.413. The number of benzene rings is 2. The summed E-state index contributed by atoms with van der Waals surface area (Å²) in [6.07, 6.45) is 15.5. The van der Waals surface area contributed by atoms with Crippen LogP contribution in [-0.4, -0.2) is 12.5 Å². The summed E-state index contributed by atoms with van der Waals surface area (Å²) in [5.74, 6) is -0.321. The van der Waals surface area contributed by atoms with Crippen LogP contribution in [0, 0.1) is 12.7 Å². The summed E-state index contributed by atoms with van der Waals surface area (Å²) < 4.78 is 22.5. The van der Waals surface area contributed by atoms with E-state index in [1.165, 1.54) is 76.0 Å². The number of nitrogens with one attached hydrogen (secondary N) is 1. The van der Waals surface area contributed by atoms with Gasteiger partial charge in [0, 0.05) is 12.5 Å². The fraction of sp³-hybridized carbons (Fsp3) is 0.515. The van der Waals surface area contributed by atoms with Crippen LogP contribution in [0.2, 0.25) is 0 Å². The number of halogens is 2. The number of aryl methyl sites for hydroxylation is 1. The van der Waals surface area contributed by atoms with Gasteiger partial charge in [-0.05, 0) is 30.2 Å². The number of unbranched alkanes of at least 4 members (excludes halogenated alkanes) is 11. The molecule has 0 atom stereocenters. The lowest BCUT2D eigenvalue weighted by Gasteiger charge is -2.11. The first-order valence-electron chi connectivity index (χ1n) is 14.8. The van der Waals surface area contributed by atoms with Crippen molar-refractivity contribution in [1.29, 1.82) is 0 Å². The fourth-order valence-electron chi connectivity index (χ4n) is 4.76. The van der Waals surface area contributed by atoms with Gasteiger partial charge in [0.15, 0.2) is 23.8 Å². The quantitative estimate of drug-likeness (QED) is 0.134. The van der Waals surface area contributed by atoms with Crippen molar-refractivity contribution in [3.05, 3.63) is 76.0 Å². The van der Waals surface area contributed by atoms with Crippen molar-refractivity contribution in [3.63, 3.8) is 0 Å². The number of thiazole rings is 1. The average molecular weight is 634 g/mol. The number of anilines is 1. The molecule has 1 N–H and O–H groups in total. The van der Waals surface area contributed by atoms with E-state index in [0.717, 1.165) is 24.1 Å². The van der Waals surface area contributed by atoms with Gasteiger partial charge in [-0.1, -0.05) is 113 Å². The molecule has 220 valence electrons. The first kappa shape index (κ1) is 34.0. The SMILES string of the molecule is CCCCCCCCCCCCCCOc1ccc(CC(=O)Nc2ccccc2C[n+]2cscc2C)cc1F.[Br-]. The maximum Gasteiger partial charge on any atom is 0.228 e. The van der Waals surface area contributed by atoms with Gasteiger partial charge in [0.05, 0.1) is 24.1 Å². The molecule has 0 spiro atoms. The van der Waals surface area contributed by atoms with Gasteiger partial charge in [-0.15, -0.1) is 0 Å². The molecule has 40 heavy (non-hydrogen) atoms. The molecule has 0 radical (unpaired) electrons. The van der Waals surface area contributed by atoms with Gasteiger partial charge >= 0.3 is 0 Å². The maximum absolute atomic E-state index is 14.6. The van der Waals surface area contributed by atoms with Crippen LogP contribution in [0.4, 0.5) is 10.1 Å². The second-order valence-electron chi connectivity index (χ2n) is 10.5. The normalized spacial score (nSPS) is 10.8. The number of aromatic nitrogens is 1.